The van der Waals surface area contributed by atoms with Crippen LogP contribution in [0, 0.1) is 5.92 Å². The highest BCUT2D eigenvalue weighted by atomic mass is 16.1. The van der Waals surface area contributed by atoms with Crippen LogP contribution in [0.1, 0.15) is 66.2 Å². The molecule has 1 aliphatic heterocycles. The van der Waals surface area contributed by atoms with Crippen molar-refractivity contribution in [3.8, 4) is 0 Å². The van der Waals surface area contributed by atoms with E-state index in [2.05, 4.69) is 98.2 Å². The van der Waals surface area contributed by atoms with E-state index in [1.54, 1.807) is 0 Å². The Morgan fingerprint density at radius 1 is 0.889 bits per heavy atom. The number of nitrogens with one attached hydrogen (secondary N) is 2. The molecule has 1 amide bonds. The Bertz CT molecular complexity index is 1470. The van der Waals surface area contributed by atoms with E-state index >= 15 is 0 Å². The number of amides is 1. The van der Waals surface area contributed by atoms with Gasteiger partial charge in [0.1, 0.15) is 0 Å². The van der Waals surface area contributed by atoms with E-state index in [0.717, 1.165) is 17.8 Å². The molecule has 1 heterocycles. The summed E-state index contributed by atoms with van der Waals surface area (Å²) in [6.07, 6.45) is 5.70. The van der Waals surface area contributed by atoms with Gasteiger partial charge < -0.3 is 10.6 Å². The van der Waals surface area contributed by atoms with Gasteiger partial charge in [0.05, 0.1) is 6.04 Å². The Morgan fingerprint density at radius 2 is 1.67 bits per heavy atom. The average molecular weight is 473 g/mol. The van der Waals surface area contributed by atoms with Crippen LogP contribution in [0.25, 0.3) is 10.8 Å². The van der Waals surface area contributed by atoms with Gasteiger partial charge in [-0.25, -0.2) is 0 Å². The number of hydrogen-bond acceptors (Lipinski definition) is 2. The lowest BCUT2D eigenvalue weighted by Gasteiger charge is -2.38. The Balaban J connectivity index is 1.28. The molecular formula is C33H32N2O. The maximum Gasteiger partial charge on any atom is 0.255 e. The van der Waals surface area contributed by atoms with Crippen LogP contribution in [-0.2, 0) is 5.41 Å². The summed E-state index contributed by atoms with van der Waals surface area (Å²) in [4.78, 5) is 13.0. The molecular weight excluding hydrogens is 440 g/mol. The zero-order valence-corrected chi connectivity index (χ0v) is 21.1. The fourth-order valence-electron chi connectivity index (χ4n) is 5.83. The predicted octanol–water partition coefficient (Wildman–Crippen LogP) is 8.22. The second-order valence-electron chi connectivity index (χ2n) is 11.1. The van der Waals surface area contributed by atoms with Gasteiger partial charge >= 0.3 is 0 Å². The lowest BCUT2D eigenvalue weighted by Crippen LogP contribution is -2.29. The summed E-state index contributed by atoms with van der Waals surface area (Å²) in [7, 11) is 0. The molecule has 3 heteroatoms. The number of hydrogen-bond donors (Lipinski definition) is 2. The molecule has 4 aromatic rings. The average Bonchev–Trinajstić information content (AvgIpc) is 3.38. The summed E-state index contributed by atoms with van der Waals surface area (Å²) in [5, 5.41) is 9.57. The molecule has 2 N–H and O–H groups in total. The fourth-order valence-corrected chi connectivity index (χ4v) is 5.83. The second kappa shape index (κ2) is 8.67. The molecule has 36 heavy (non-hydrogen) atoms. The lowest BCUT2D eigenvalue weighted by molar-refractivity contribution is 0.102. The molecule has 4 aromatic carbocycles. The number of rotatable bonds is 3. The van der Waals surface area contributed by atoms with Crippen molar-refractivity contribution in [2.24, 2.45) is 5.92 Å². The summed E-state index contributed by atoms with van der Waals surface area (Å²) in [6.45, 7) is 6.54. The van der Waals surface area contributed by atoms with Crippen molar-refractivity contribution in [2.75, 3.05) is 10.6 Å². The first-order chi connectivity index (χ1) is 17.4. The standard InChI is InChI=1S/C33H32N2O/c1-33(2,3)23-16-14-22(15-17-23)32(36)34-24-18-19-30-29(20-24)26-11-7-13-28(26)31(35-30)27-12-6-9-21-8-4-5-10-25(21)27/h4-12,14-20,26,28,31,35H,13H2,1-3H3,(H,34,36). The molecule has 0 bridgehead atoms. The zero-order chi connectivity index (χ0) is 24.9. The summed E-state index contributed by atoms with van der Waals surface area (Å²) >= 11 is 0. The van der Waals surface area contributed by atoms with E-state index in [4.69, 9.17) is 0 Å². The van der Waals surface area contributed by atoms with Crippen molar-refractivity contribution in [3.63, 3.8) is 0 Å². The van der Waals surface area contributed by atoms with E-state index in [9.17, 15) is 4.79 Å². The normalized spacial score (nSPS) is 20.5. The van der Waals surface area contributed by atoms with Crippen LogP contribution >= 0.6 is 0 Å². The van der Waals surface area contributed by atoms with Gasteiger partial charge in [-0.15, -0.1) is 0 Å². The number of carbonyl (C=O) groups is 1. The van der Waals surface area contributed by atoms with Crippen LogP contribution in [-0.4, -0.2) is 5.91 Å². The minimum Gasteiger partial charge on any atom is -0.378 e. The molecule has 0 aromatic heterocycles. The third kappa shape index (κ3) is 3.99. The van der Waals surface area contributed by atoms with Gasteiger partial charge in [-0.05, 0) is 75.5 Å². The highest BCUT2D eigenvalue weighted by Crippen LogP contribution is 2.51. The monoisotopic (exact) mass is 472 g/mol. The maximum absolute atomic E-state index is 13.0. The fraction of sp³-hybridized carbons (Fsp3) is 0.242. The van der Waals surface area contributed by atoms with Gasteiger partial charge in [-0.1, -0.05) is 87.5 Å². The second-order valence-corrected chi connectivity index (χ2v) is 11.1. The van der Waals surface area contributed by atoms with E-state index in [1.807, 2.05) is 30.3 Å². The Kier molecular flexibility index (Phi) is 5.44. The third-order valence-electron chi connectivity index (χ3n) is 7.79. The molecule has 2 aliphatic rings. The van der Waals surface area contributed by atoms with E-state index in [1.165, 1.54) is 27.5 Å². The minimum atomic E-state index is -0.0775. The molecule has 0 saturated heterocycles. The number of allylic oxidation sites excluding steroid dienone is 2. The first-order valence-electron chi connectivity index (χ1n) is 12.9. The van der Waals surface area contributed by atoms with Crippen molar-refractivity contribution in [3.05, 3.63) is 119 Å². The first-order valence-corrected chi connectivity index (χ1v) is 12.9. The maximum atomic E-state index is 13.0. The lowest BCUT2D eigenvalue weighted by atomic mass is 9.76. The van der Waals surface area contributed by atoms with Gasteiger partial charge in [0.2, 0.25) is 0 Å². The van der Waals surface area contributed by atoms with Gasteiger partial charge in [0, 0.05) is 22.9 Å². The smallest absolute Gasteiger partial charge is 0.255 e. The van der Waals surface area contributed by atoms with Crippen LogP contribution in [0.15, 0.2) is 97.1 Å². The minimum absolute atomic E-state index is 0.0652. The number of benzene rings is 4. The van der Waals surface area contributed by atoms with E-state index in [-0.39, 0.29) is 17.4 Å². The molecule has 1 aliphatic carbocycles. The van der Waals surface area contributed by atoms with Gasteiger partial charge in [-0.2, -0.15) is 0 Å². The van der Waals surface area contributed by atoms with Crippen molar-refractivity contribution in [2.45, 2.75) is 44.6 Å². The predicted molar refractivity (Wildman–Crippen MR) is 150 cm³/mol. The van der Waals surface area contributed by atoms with Gasteiger partial charge in [-0.3, -0.25) is 4.79 Å². The van der Waals surface area contributed by atoms with Crippen LogP contribution in [0.2, 0.25) is 0 Å². The van der Waals surface area contributed by atoms with Crippen molar-refractivity contribution in [1.29, 1.82) is 0 Å². The van der Waals surface area contributed by atoms with E-state index in [0.29, 0.717) is 17.4 Å². The number of carbonyl (C=O) groups excluding carboxylic acids is 1. The van der Waals surface area contributed by atoms with Crippen LogP contribution in [0.4, 0.5) is 11.4 Å². The Morgan fingerprint density at radius 3 is 2.47 bits per heavy atom. The molecule has 0 radical (unpaired) electrons. The van der Waals surface area contributed by atoms with Crippen LogP contribution in [0.5, 0.6) is 0 Å². The molecule has 0 saturated carbocycles. The largest absolute Gasteiger partial charge is 0.378 e. The Hall–Kier alpha value is -3.85. The summed E-state index contributed by atoms with van der Waals surface area (Å²) in [5.41, 5.74) is 6.55. The first kappa shape index (κ1) is 22.6. The van der Waals surface area contributed by atoms with Crippen LogP contribution < -0.4 is 10.6 Å². The highest BCUT2D eigenvalue weighted by molar-refractivity contribution is 6.04. The molecule has 3 nitrogen and oxygen atoms in total. The number of fused-ring (bicyclic) bond motifs is 4. The molecule has 3 atom stereocenters. The number of anilines is 2. The quantitative estimate of drug-likeness (QED) is 0.295. The molecule has 0 fully saturated rings. The molecule has 0 spiro atoms. The summed E-state index contributed by atoms with van der Waals surface area (Å²) in [5.74, 6) is 0.693. The van der Waals surface area contributed by atoms with Crippen LogP contribution in [0.3, 0.4) is 0 Å². The van der Waals surface area contributed by atoms with Crippen molar-refractivity contribution in [1.82, 2.24) is 0 Å². The van der Waals surface area contributed by atoms with E-state index < -0.39 is 0 Å². The highest BCUT2D eigenvalue weighted by Gasteiger charge is 2.38. The van der Waals surface area contributed by atoms with Crippen molar-refractivity contribution >= 4 is 28.1 Å². The summed E-state index contributed by atoms with van der Waals surface area (Å²) < 4.78 is 0. The zero-order valence-electron chi connectivity index (χ0n) is 21.1. The van der Waals surface area contributed by atoms with Gasteiger partial charge in [0.15, 0.2) is 0 Å². The topological polar surface area (TPSA) is 41.1 Å². The molecule has 3 unspecified atom stereocenters. The van der Waals surface area contributed by atoms with Gasteiger partial charge in [0.25, 0.3) is 5.91 Å². The SMILES string of the molecule is CC(C)(C)c1ccc(C(=O)Nc2ccc3c(c2)C2C=CCC2C(c2cccc4ccccc24)N3)cc1. The Labute approximate surface area is 213 Å². The molecule has 180 valence electrons. The third-order valence-corrected chi connectivity index (χ3v) is 7.79. The van der Waals surface area contributed by atoms with Crippen molar-refractivity contribution < 1.29 is 4.79 Å². The molecule has 6 rings (SSSR count). The summed E-state index contributed by atoms with van der Waals surface area (Å²) in [6, 6.07) is 29.7.